The van der Waals surface area contributed by atoms with Crippen LogP contribution in [0.2, 0.25) is 0 Å². The van der Waals surface area contributed by atoms with E-state index in [-0.39, 0.29) is 12.0 Å². The zero-order chi connectivity index (χ0) is 25.7. The number of carbonyl (C=O) groups is 2. The Kier molecular flexibility index (Phi) is 7.73. The van der Waals surface area contributed by atoms with Gasteiger partial charge in [0.2, 0.25) is 0 Å². The van der Waals surface area contributed by atoms with Gasteiger partial charge in [-0.3, -0.25) is 9.78 Å². The average Bonchev–Trinajstić information content (AvgIpc) is 3.00. The number of pyridine rings is 1. The number of hydrogen-bond donors (Lipinski definition) is 1. The molecule has 2 aromatic carbocycles. The van der Waals surface area contributed by atoms with Crippen molar-refractivity contribution < 1.29 is 19.4 Å². The van der Waals surface area contributed by atoms with Crippen molar-refractivity contribution in [3.63, 3.8) is 0 Å². The van der Waals surface area contributed by atoms with E-state index in [4.69, 9.17) is 4.74 Å². The molecule has 1 atom stereocenters. The molecule has 0 spiro atoms. The van der Waals surface area contributed by atoms with Crippen molar-refractivity contribution in [2.24, 2.45) is 0 Å². The van der Waals surface area contributed by atoms with E-state index in [1.807, 2.05) is 73.5 Å². The molecule has 0 bridgehead atoms. The highest BCUT2D eigenvalue weighted by Crippen LogP contribution is 2.28. The number of ether oxygens (including phenoxy) is 1. The van der Waals surface area contributed by atoms with Crippen molar-refractivity contribution in [2.75, 3.05) is 38.6 Å². The first-order valence-electron chi connectivity index (χ1n) is 12.0. The number of carbonyl (C=O) groups excluding carboxylic acids is 1. The fourth-order valence-corrected chi connectivity index (χ4v) is 4.36. The van der Waals surface area contributed by atoms with E-state index in [0.717, 1.165) is 28.9 Å². The lowest BCUT2D eigenvalue weighted by atomic mass is 10.1. The van der Waals surface area contributed by atoms with Gasteiger partial charge >= 0.3 is 6.09 Å². The fourth-order valence-electron chi connectivity index (χ4n) is 4.36. The van der Waals surface area contributed by atoms with E-state index in [1.54, 1.807) is 19.4 Å². The van der Waals surface area contributed by atoms with Crippen LogP contribution in [0.1, 0.15) is 39.6 Å². The SMILES string of the molecule is Cc1cc(OC(CCN(C)C(=O)O)c2ccccc2)ccc1CN1CCN(C)c2ccncc2C1=O. The minimum absolute atomic E-state index is 0.0196. The molecule has 188 valence electrons. The Morgan fingerprint density at radius 2 is 1.94 bits per heavy atom. The average molecular weight is 489 g/mol. The minimum atomic E-state index is -0.963. The first kappa shape index (κ1) is 25.0. The molecule has 3 aromatic rings. The first-order valence-corrected chi connectivity index (χ1v) is 12.0. The number of amides is 2. The summed E-state index contributed by atoms with van der Waals surface area (Å²) < 4.78 is 6.34. The number of aryl methyl sites for hydroxylation is 1. The molecule has 2 heterocycles. The number of nitrogens with zero attached hydrogens (tertiary/aromatic N) is 4. The molecule has 1 N–H and O–H groups in total. The number of likely N-dealkylation sites (N-methyl/N-ethyl adjacent to an activating group) is 1. The molecule has 0 fully saturated rings. The van der Waals surface area contributed by atoms with Crippen LogP contribution in [0.5, 0.6) is 5.75 Å². The Morgan fingerprint density at radius 1 is 1.17 bits per heavy atom. The molecule has 0 saturated carbocycles. The van der Waals surface area contributed by atoms with Crippen molar-refractivity contribution in [2.45, 2.75) is 26.0 Å². The number of fused-ring (bicyclic) bond motifs is 1. The molecule has 36 heavy (non-hydrogen) atoms. The van der Waals surface area contributed by atoms with Gasteiger partial charge in [0.15, 0.2) is 0 Å². The summed E-state index contributed by atoms with van der Waals surface area (Å²) in [6.07, 6.45) is 2.63. The Balaban J connectivity index is 1.49. The summed E-state index contributed by atoms with van der Waals surface area (Å²) in [6.45, 7) is 4.23. The highest BCUT2D eigenvalue weighted by molar-refractivity contribution is 6.00. The van der Waals surface area contributed by atoms with Gasteiger partial charge in [0.25, 0.3) is 5.91 Å². The van der Waals surface area contributed by atoms with Gasteiger partial charge in [-0.05, 0) is 41.8 Å². The molecular weight excluding hydrogens is 456 g/mol. The summed E-state index contributed by atoms with van der Waals surface area (Å²) in [5, 5.41) is 9.21. The van der Waals surface area contributed by atoms with Crippen molar-refractivity contribution in [3.05, 3.63) is 89.2 Å². The van der Waals surface area contributed by atoms with Crippen LogP contribution in [0, 0.1) is 6.92 Å². The van der Waals surface area contributed by atoms with E-state index in [2.05, 4.69) is 9.88 Å². The molecule has 2 amide bonds. The molecule has 0 radical (unpaired) electrons. The molecule has 1 unspecified atom stereocenters. The number of rotatable bonds is 8. The summed E-state index contributed by atoms with van der Waals surface area (Å²) in [7, 11) is 3.55. The van der Waals surface area contributed by atoms with Gasteiger partial charge in [0, 0.05) is 59.1 Å². The van der Waals surface area contributed by atoms with Crippen LogP contribution in [0.15, 0.2) is 67.0 Å². The summed E-state index contributed by atoms with van der Waals surface area (Å²) in [4.78, 5) is 33.8. The molecular formula is C28H32N4O4. The topological polar surface area (TPSA) is 86.2 Å². The summed E-state index contributed by atoms with van der Waals surface area (Å²) >= 11 is 0. The Labute approximate surface area is 211 Å². The normalized spacial score (nSPS) is 14.1. The van der Waals surface area contributed by atoms with E-state index in [1.165, 1.54) is 4.90 Å². The monoisotopic (exact) mass is 488 g/mol. The maximum absolute atomic E-state index is 13.2. The predicted molar refractivity (Wildman–Crippen MR) is 139 cm³/mol. The van der Waals surface area contributed by atoms with Crippen molar-refractivity contribution in [1.29, 1.82) is 0 Å². The third-order valence-corrected chi connectivity index (χ3v) is 6.61. The van der Waals surface area contributed by atoms with Gasteiger partial charge in [-0.15, -0.1) is 0 Å². The number of anilines is 1. The van der Waals surface area contributed by atoms with Crippen molar-refractivity contribution in [3.8, 4) is 5.75 Å². The van der Waals surface area contributed by atoms with Gasteiger partial charge in [-0.1, -0.05) is 36.4 Å². The zero-order valence-corrected chi connectivity index (χ0v) is 20.9. The number of aromatic nitrogens is 1. The first-order chi connectivity index (χ1) is 17.3. The largest absolute Gasteiger partial charge is 0.486 e. The maximum atomic E-state index is 13.2. The summed E-state index contributed by atoms with van der Waals surface area (Å²) in [6, 6.07) is 17.6. The third-order valence-electron chi connectivity index (χ3n) is 6.61. The van der Waals surface area contributed by atoms with Gasteiger partial charge in [0.05, 0.1) is 11.3 Å². The molecule has 1 aliphatic heterocycles. The van der Waals surface area contributed by atoms with Gasteiger partial charge in [-0.2, -0.15) is 0 Å². The Hall–Kier alpha value is -4.07. The standard InChI is InChI=1S/C28H32N4O4/c1-20-17-23(36-26(12-14-31(3)28(34)35)21-7-5-4-6-8-21)10-9-22(20)19-32-16-15-30(2)25-11-13-29-18-24(25)27(32)33/h4-11,13,17-18,26H,12,14-16,19H2,1-3H3,(H,34,35). The fraction of sp³-hybridized carbons (Fsp3) is 0.321. The van der Waals surface area contributed by atoms with Gasteiger partial charge in [-0.25, -0.2) is 4.79 Å². The lowest BCUT2D eigenvalue weighted by molar-refractivity contribution is 0.0754. The number of hydrogen-bond acceptors (Lipinski definition) is 5. The second kappa shape index (κ2) is 11.1. The van der Waals surface area contributed by atoms with E-state index >= 15 is 0 Å². The number of carboxylic acid groups (broad SMARTS) is 1. The molecule has 0 aliphatic carbocycles. The van der Waals surface area contributed by atoms with E-state index < -0.39 is 6.09 Å². The lowest BCUT2D eigenvalue weighted by Gasteiger charge is -2.24. The van der Waals surface area contributed by atoms with Crippen LogP contribution in [-0.4, -0.2) is 65.6 Å². The zero-order valence-electron chi connectivity index (χ0n) is 20.9. The van der Waals surface area contributed by atoms with Crippen molar-refractivity contribution >= 4 is 17.7 Å². The Bertz CT molecular complexity index is 1220. The molecule has 8 heteroatoms. The summed E-state index contributed by atoms with van der Waals surface area (Å²) in [5.41, 5.74) is 4.58. The maximum Gasteiger partial charge on any atom is 0.407 e. The van der Waals surface area contributed by atoms with Gasteiger partial charge in [0.1, 0.15) is 11.9 Å². The molecule has 8 nitrogen and oxygen atoms in total. The van der Waals surface area contributed by atoms with Crippen LogP contribution in [-0.2, 0) is 6.54 Å². The molecule has 4 rings (SSSR count). The quantitative estimate of drug-likeness (QED) is 0.499. The van der Waals surface area contributed by atoms with Crippen LogP contribution >= 0.6 is 0 Å². The smallest absolute Gasteiger partial charge is 0.407 e. The molecule has 1 aliphatic rings. The highest BCUT2D eigenvalue weighted by Gasteiger charge is 2.25. The second-order valence-electron chi connectivity index (χ2n) is 9.14. The number of benzene rings is 2. The second-order valence-corrected chi connectivity index (χ2v) is 9.14. The molecule has 0 saturated heterocycles. The third kappa shape index (κ3) is 5.76. The highest BCUT2D eigenvalue weighted by atomic mass is 16.5. The van der Waals surface area contributed by atoms with E-state index in [0.29, 0.717) is 37.4 Å². The lowest BCUT2D eigenvalue weighted by Crippen LogP contribution is -2.33. The van der Waals surface area contributed by atoms with Crippen LogP contribution < -0.4 is 9.64 Å². The van der Waals surface area contributed by atoms with Crippen LogP contribution in [0.4, 0.5) is 10.5 Å². The minimum Gasteiger partial charge on any atom is -0.486 e. The van der Waals surface area contributed by atoms with Crippen LogP contribution in [0.25, 0.3) is 0 Å². The van der Waals surface area contributed by atoms with Crippen molar-refractivity contribution in [1.82, 2.24) is 14.8 Å². The summed E-state index contributed by atoms with van der Waals surface area (Å²) in [5.74, 6) is 0.688. The Morgan fingerprint density at radius 3 is 2.67 bits per heavy atom. The predicted octanol–water partition coefficient (Wildman–Crippen LogP) is 4.60. The van der Waals surface area contributed by atoms with Crippen LogP contribution in [0.3, 0.4) is 0 Å². The van der Waals surface area contributed by atoms with Gasteiger partial charge < -0.3 is 24.5 Å². The molecule has 1 aromatic heterocycles. The van der Waals surface area contributed by atoms with E-state index in [9.17, 15) is 14.7 Å².